The SMILES string of the molecule is COCCn1c(C)cc(C(=O)COC(=O)/C=C/c2cccc3cccnc23)c1C. The van der Waals surface area contributed by atoms with Crippen LogP contribution in [0.3, 0.4) is 0 Å². The second kappa shape index (κ2) is 9.30. The van der Waals surface area contributed by atoms with Gasteiger partial charge in [0.05, 0.1) is 12.1 Å². The second-order valence-corrected chi connectivity index (χ2v) is 6.72. The Bertz CT molecular complexity index is 1060. The van der Waals surface area contributed by atoms with Crippen LogP contribution in [0.2, 0.25) is 0 Å². The fourth-order valence-corrected chi connectivity index (χ4v) is 3.29. The Hall–Kier alpha value is -3.25. The number of carbonyl (C=O) groups excluding carboxylic acids is 2. The number of pyridine rings is 1. The van der Waals surface area contributed by atoms with Crippen LogP contribution in [0.5, 0.6) is 0 Å². The molecule has 0 aliphatic carbocycles. The number of esters is 1. The van der Waals surface area contributed by atoms with Gasteiger partial charge >= 0.3 is 5.97 Å². The number of hydrogen-bond acceptors (Lipinski definition) is 5. The molecule has 1 aromatic carbocycles. The van der Waals surface area contributed by atoms with Gasteiger partial charge in [-0.2, -0.15) is 0 Å². The van der Waals surface area contributed by atoms with Crippen LogP contribution in [0.4, 0.5) is 0 Å². The number of para-hydroxylation sites is 1. The summed E-state index contributed by atoms with van der Waals surface area (Å²) in [7, 11) is 1.64. The molecule has 3 aromatic rings. The van der Waals surface area contributed by atoms with Gasteiger partial charge in [0.15, 0.2) is 6.61 Å². The van der Waals surface area contributed by atoms with Gasteiger partial charge in [-0.3, -0.25) is 9.78 Å². The number of hydrogen-bond donors (Lipinski definition) is 0. The monoisotopic (exact) mass is 392 g/mol. The van der Waals surface area contributed by atoms with Crippen molar-refractivity contribution in [1.29, 1.82) is 0 Å². The zero-order chi connectivity index (χ0) is 20.8. The van der Waals surface area contributed by atoms with Crippen LogP contribution in [-0.4, -0.2) is 41.6 Å². The van der Waals surface area contributed by atoms with Crippen molar-refractivity contribution in [1.82, 2.24) is 9.55 Å². The van der Waals surface area contributed by atoms with E-state index >= 15 is 0 Å². The lowest BCUT2D eigenvalue weighted by Gasteiger charge is -2.08. The second-order valence-electron chi connectivity index (χ2n) is 6.72. The number of ketones is 1. The molecule has 0 N–H and O–H groups in total. The summed E-state index contributed by atoms with van der Waals surface area (Å²) < 4.78 is 12.3. The zero-order valence-corrected chi connectivity index (χ0v) is 16.8. The van der Waals surface area contributed by atoms with Gasteiger partial charge in [0, 0.05) is 53.8 Å². The molecule has 0 radical (unpaired) electrons. The molecule has 6 heteroatoms. The van der Waals surface area contributed by atoms with Crippen molar-refractivity contribution in [2.45, 2.75) is 20.4 Å². The normalized spacial score (nSPS) is 11.3. The molecule has 0 aliphatic heterocycles. The number of aromatic nitrogens is 2. The van der Waals surface area contributed by atoms with E-state index in [-0.39, 0.29) is 12.4 Å². The molecular weight excluding hydrogens is 368 g/mol. The number of Topliss-reactive ketones (excluding diaryl/α,β-unsaturated/α-hetero) is 1. The number of benzene rings is 1. The molecule has 2 aromatic heterocycles. The third-order valence-corrected chi connectivity index (χ3v) is 4.80. The van der Waals surface area contributed by atoms with E-state index < -0.39 is 5.97 Å². The van der Waals surface area contributed by atoms with Crippen LogP contribution < -0.4 is 0 Å². The molecule has 0 atom stereocenters. The number of nitrogens with zero attached hydrogens (tertiary/aromatic N) is 2. The molecule has 0 unspecified atom stereocenters. The molecule has 0 spiro atoms. The van der Waals surface area contributed by atoms with Gasteiger partial charge in [0.25, 0.3) is 0 Å². The maximum Gasteiger partial charge on any atom is 0.331 e. The highest BCUT2D eigenvalue weighted by Gasteiger charge is 2.16. The summed E-state index contributed by atoms with van der Waals surface area (Å²) in [5, 5.41) is 0.988. The standard InChI is InChI=1S/C23H24N2O4/c1-16-14-20(17(2)25(16)12-13-28-3)21(26)15-29-22(27)10-9-19-7-4-6-18-8-5-11-24-23(18)19/h4-11,14H,12-13,15H2,1-3H3/b10-9+. The molecular formula is C23H24N2O4. The van der Waals surface area contributed by atoms with E-state index in [2.05, 4.69) is 4.98 Å². The predicted octanol–water partition coefficient (Wildman–Crippen LogP) is 3.74. The average molecular weight is 392 g/mol. The largest absolute Gasteiger partial charge is 0.454 e. The molecule has 6 nitrogen and oxygen atoms in total. The van der Waals surface area contributed by atoms with E-state index in [1.165, 1.54) is 6.08 Å². The highest BCUT2D eigenvalue weighted by Crippen LogP contribution is 2.18. The number of fused-ring (bicyclic) bond motifs is 1. The molecule has 0 fully saturated rings. The molecule has 0 saturated carbocycles. The number of methoxy groups -OCH3 is 1. The average Bonchev–Trinajstić information content (AvgIpc) is 3.02. The van der Waals surface area contributed by atoms with Crippen molar-refractivity contribution < 1.29 is 19.1 Å². The van der Waals surface area contributed by atoms with Crippen LogP contribution >= 0.6 is 0 Å². The van der Waals surface area contributed by atoms with E-state index in [1.807, 2.05) is 54.8 Å². The van der Waals surface area contributed by atoms with Crippen molar-refractivity contribution in [3.63, 3.8) is 0 Å². The Morgan fingerprint density at radius 1 is 1.17 bits per heavy atom. The van der Waals surface area contributed by atoms with E-state index in [4.69, 9.17) is 9.47 Å². The molecule has 29 heavy (non-hydrogen) atoms. The van der Waals surface area contributed by atoms with Gasteiger partial charge in [-0.15, -0.1) is 0 Å². The lowest BCUT2D eigenvalue weighted by molar-refractivity contribution is -0.136. The first-order valence-corrected chi connectivity index (χ1v) is 9.38. The van der Waals surface area contributed by atoms with Gasteiger partial charge in [0.1, 0.15) is 0 Å². The van der Waals surface area contributed by atoms with E-state index in [1.54, 1.807) is 19.4 Å². The summed E-state index contributed by atoms with van der Waals surface area (Å²) in [4.78, 5) is 28.9. The summed E-state index contributed by atoms with van der Waals surface area (Å²) in [6.07, 6.45) is 4.68. The van der Waals surface area contributed by atoms with Crippen molar-refractivity contribution >= 4 is 28.7 Å². The Morgan fingerprint density at radius 2 is 1.97 bits per heavy atom. The van der Waals surface area contributed by atoms with Crippen molar-refractivity contribution in [2.24, 2.45) is 0 Å². The van der Waals surface area contributed by atoms with Crippen LogP contribution in [0, 0.1) is 13.8 Å². The molecule has 0 saturated heterocycles. The minimum Gasteiger partial charge on any atom is -0.454 e. The van der Waals surface area contributed by atoms with Gasteiger partial charge in [-0.25, -0.2) is 4.79 Å². The summed E-state index contributed by atoms with van der Waals surface area (Å²) in [6.45, 7) is 4.75. The third kappa shape index (κ3) is 4.78. The minimum absolute atomic E-state index is 0.227. The van der Waals surface area contributed by atoms with Crippen molar-refractivity contribution in [3.8, 4) is 0 Å². The fraction of sp³-hybridized carbons (Fsp3) is 0.261. The van der Waals surface area contributed by atoms with Crippen molar-refractivity contribution in [2.75, 3.05) is 20.3 Å². The topological polar surface area (TPSA) is 70.4 Å². The van der Waals surface area contributed by atoms with Gasteiger partial charge < -0.3 is 14.0 Å². The Labute approximate surface area is 169 Å². The van der Waals surface area contributed by atoms with Gasteiger partial charge in [-0.05, 0) is 32.1 Å². The summed E-state index contributed by atoms with van der Waals surface area (Å²) >= 11 is 0. The molecule has 2 heterocycles. The smallest absolute Gasteiger partial charge is 0.331 e. The number of ether oxygens (including phenoxy) is 2. The molecule has 0 amide bonds. The Balaban J connectivity index is 1.63. The maximum absolute atomic E-state index is 12.5. The van der Waals surface area contributed by atoms with Gasteiger partial charge in [0.2, 0.25) is 5.78 Å². The lowest BCUT2D eigenvalue weighted by Crippen LogP contribution is -2.14. The summed E-state index contributed by atoms with van der Waals surface area (Å²) in [6, 6.07) is 11.4. The maximum atomic E-state index is 12.5. The number of rotatable bonds is 8. The van der Waals surface area contributed by atoms with Crippen LogP contribution in [0.25, 0.3) is 17.0 Å². The van der Waals surface area contributed by atoms with E-state index in [9.17, 15) is 9.59 Å². The molecule has 0 aliphatic rings. The van der Waals surface area contributed by atoms with E-state index in [0.717, 1.165) is 27.9 Å². The summed E-state index contributed by atoms with van der Waals surface area (Å²) in [5.41, 5.74) is 4.00. The van der Waals surface area contributed by atoms with Crippen molar-refractivity contribution in [3.05, 3.63) is 71.2 Å². The third-order valence-electron chi connectivity index (χ3n) is 4.80. The molecule has 150 valence electrons. The quantitative estimate of drug-likeness (QED) is 0.332. The van der Waals surface area contributed by atoms with Gasteiger partial charge in [-0.1, -0.05) is 24.3 Å². The first-order chi connectivity index (χ1) is 14.0. The van der Waals surface area contributed by atoms with Crippen LogP contribution in [-0.2, 0) is 20.8 Å². The van der Waals surface area contributed by atoms with Crippen LogP contribution in [0.1, 0.15) is 27.3 Å². The highest BCUT2D eigenvalue weighted by molar-refractivity contribution is 6.00. The Kier molecular flexibility index (Phi) is 6.57. The Morgan fingerprint density at radius 3 is 2.76 bits per heavy atom. The van der Waals surface area contributed by atoms with Crippen LogP contribution in [0.15, 0.2) is 48.7 Å². The van der Waals surface area contributed by atoms with E-state index in [0.29, 0.717) is 18.7 Å². The fourth-order valence-electron chi connectivity index (χ4n) is 3.29. The predicted molar refractivity (Wildman–Crippen MR) is 112 cm³/mol. The zero-order valence-electron chi connectivity index (χ0n) is 16.8. The summed E-state index contributed by atoms with van der Waals surface area (Å²) in [5.74, 6) is -0.796. The lowest BCUT2D eigenvalue weighted by atomic mass is 10.1. The number of aryl methyl sites for hydroxylation is 1. The highest BCUT2D eigenvalue weighted by atomic mass is 16.5. The molecule has 3 rings (SSSR count). The first kappa shape index (κ1) is 20.5. The minimum atomic E-state index is -0.570. The first-order valence-electron chi connectivity index (χ1n) is 9.38. The number of carbonyl (C=O) groups is 2. The molecule has 0 bridgehead atoms.